The predicted octanol–water partition coefficient (Wildman–Crippen LogP) is 1.18. The number of nitrogens with one attached hydrogen (secondary N) is 2. The minimum absolute atomic E-state index is 0.259. The highest BCUT2D eigenvalue weighted by Crippen LogP contribution is 2.09. The van der Waals surface area contributed by atoms with Crippen molar-refractivity contribution in [3.05, 3.63) is 48.0 Å². The van der Waals surface area contributed by atoms with Crippen molar-refractivity contribution >= 4 is 17.6 Å². The van der Waals surface area contributed by atoms with Crippen LogP contribution in [0.3, 0.4) is 0 Å². The van der Waals surface area contributed by atoms with Crippen molar-refractivity contribution in [1.29, 1.82) is 0 Å². The fourth-order valence-electron chi connectivity index (χ4n) is 1.90. The first-order valence-electron chi connectivity index (χ1n) is 7.20. The van der Waals surface area contributed by atoms with E-state index in [1.165, 1.54) is 12.5 Å². The van der Waals surface area contributed by atoms with Crippen LogP contribution in [0.25, 0.3) is 0 Å². The number of hydrogen-bond donors (Lipinski definition) is 2. The first-order chi connectivity index (χ1) is 11.0. The van der Waals surface area contributed by atoms with Crippen molar-refractivity contribution < 1.29 is 14.0 Å². The second kappa shape index (κ2) is 7.44. The maximum Gasteiger partial charge on any atom is 0.255 e. The number of aromatic nitrogens is 1. The van der Waals surface area contributed by atoms with Crippen LogP contribution in [0, 0.1) is 0 Å². The van der Waals surface area contributed by atoms with Gasteiger partial charge in [-0.1, -0.05) is 0 Å². The topological polar surface area (TPSA) is 87.5 Å². The highest BCUT2D eigenvalue weighted by molar-refractivity contribution is 5.97. The third-order valence-electron chi connectivity index (χ3n) is 3.26. The molecule has 2 rings (SSSR count). The van der Waals surface area contributed by atoms with Gasteiger partial charge >= 0.3 is 0 Å². The number of furan rings is 1. The van der Waals surface area contributed by atoms with Gasteiger partial charge < -0.3 is 20.0 Å². The zero-order chi connectivity index (χ0) is 16.8. The summed E-state index contributed by atoms with van der Waals surface area (Å²) < 4.78 is 4.84. The molecule has 1 atom stereocenters. The molecule has 0 aliphatic heterocycles. The van der Waals surface area contributed by atoms with Crippen LogP contribution in [-0.4, -0.2) is 36.9 Å². The number of carbonyl (C=O) groups excluding carboxylic acids is 2. The predicted molar refractivity (Wildman–Crippen MR) is 86.0 cm³/mol. The van der Waals surface area contributed by atoms with Gasteiger partial charge in [0.15, 0.2) is 0 Å². The lowest BCUT2D eigenvalue weighted by atomic mass is 10.2. The minimum Gasteiger partial charge on any atom is -0.472 e. The molecule has 2 aromatic heterocycles. The van der Waals surface area contributed by atoms with E-state index in [0.29, 0.717) is 12.1 Å². The monoisotopic (exact) mass is 316 g/mol. The molecule has 122 valence electrons. The Kier molecular flexibility index (Phi) is 5.35. The van der Waals surface area contributed by atoms with Gasteiger partial charge in [-0.2, -0.15) is 0 Å². The molecule has 0 saturated carbocycles. The standard InChI is InChI=1S/C16H20N4O3/c1-11(19-16(22)13-5-7-23-10-13)15(21)18-9-12-4-6-17-14(8-12)20(2)3/h4-8,10-11H,9H2,1-3H3,(H,18,21)(H,19,22). The third-order valence-corrected chi connectivity index (χ3v) is 3.26. The van der Waals surface area contributed by atoms with E-state index >= 15 is 0 Å². The molecule has 7 heteroatoms. The third kappa shape index (κ3) is 4.57. The number of carbonyl (C=O) groups is 2. The van der Waals surface area contributed by atoms with Crippen molar-refractivity contribution in [3.8, 4) is 0 Å². The number of hydrogen-bond acceptors (Lipinski definition) is 5. The normalized spacial score (nSPS) is 11.6. The van der Waals surface area contributed by atoms with Gasteiger partial charge in [-0.3, -0.25) is 9.59 Å². The summed E-state index contributed by atoms with van der Waals surface area (Å²) in [5.74, 6) is 0.211. The van der Waals surface area contributed by atoms with E-state index in [-0.39, 0.29) is 11.8 Å². The lowest BCUT2D eigenvalue weighted by Gasteiger charge is -2.15. The summed E-state index contributed by atoms with van der Waals surface area (Å²) in [6.07, 6.45) is 4.44. The molecule has 0 bridgehead atoms. The number of amides is 2. The van der Waals surface area contributed by atoms with Crippen LogP contribution in [0.2, 0.25) is 0 Å². The quantitative estimate of drug-likeness (QED) is 0.835. The van der Waals surface area contributed by atoms with Crippen molar-refractivity contribution in [3.63, 3.8) is 0 Å². The molecule has 2 amide bonds. The Morgan fingerprint density at radius 2 is 2.13 bits per heavy atom. The fourth-order valence-corrected chi connectivity index (χ4v) is 1.90. The van der Waals surface area contributed by atoms with Crippen molar-refractivity contribution in [1.82, 2.24) is 15.6 Å². The molecule has 0 radical (unpaired) electrons. The van der Waals surface area contributed by atoms with Crippen LogP contribution in [0.4, 0.5) is 5.82 Å². The van der Waals surface area contributed by atoms with Crippen LogP contribution in [0.1, 0.15) is 22.8 Å². The van der Waals surface area contributed by atoms with Gasteiger partial charge in [0, 0.05) is 26.8 Å². The Morgan fingerprint density at radius 1 is 1.35 bits per heavy atom. The van der Waals surface area contributed by atoms with E-state index in [0.717, 1.165) is 11.4 Å². The van der Waals surface area contributed by atoms with Crippen molar-refractivity contribution in [2.45, 2.75) is 19.5 Å². The van der Waals surface area contributed by atoms with Gasteiger partial charge in [0.05, 0.1) is 11.8 Å². The summed E-state index contributed by atoms with van der Waals surface area (Å²) >= 11 is 0. The minimum atomic E-state index is -0.646. The lowest BCUT2D eigenvalue weighted by molar-refractivity contribution is -0.122. The molecule has 0 aromatic carbocycles. The zero-order valence-corrected chi connectivity index (χ0v) is 13.4. The van der Waals surface area contributed by atoms with Gasteiger partial charge in [-0.05, 0) is 30.7 Å². The summed E-state index contributed by atoms with van der Waals surface area (Å²) in [6.45, 7) is 2.00. The van der Waals surface area contributed by atoms with Crippen LogP contribution < -0.4 is 15.5 Å². The number of anilines is 1. The summed E-state index contributed by atoms with van der Waals surface area (Å²) in [7, 11) is 3.80. The van der Waals surface area contributed by atoms with E-state index in [9.17, 15) is 9.59 Å². The van der Waals surface area contributed by atoms with Crippen molar-refractivity contribution in [2.75, 3.05) is 19.0 Å². The Bertz CT molecular complexity index is 668. The molecule has 0 saturated heterocycles. The van der Waals surface area contributed by atoms with Crippen LogP contribution >= 0.6 is 0 Å². The number of nitrogens with zero attached hydrogens (tertiary/aromatic N) is 2. The molecule has 1 unspecified atom stereocenters. The summed E-state index contributed by atoms with van der Waals surface area (Å²) in [4.78, 5) is 30.0. The Hall–Kier alpha value is -2.83. The van der Waals surface area contributed by atoms with E-state index in [1.54, 1.807) is 19.2 Å². The first kappa shape index (κ1) is 16.5. The average molecular weight is 316 g/mol. The Morgan fingerprint density at radius 3 is 2.78 bits per heavy atom. The van der Waals surface area contributed by atoms with Gasteiger partial charge in [-0.15, -0.1) is 0 Å². The molecule has 0 fully saturated rings. The molecule has 0 aliphatic rings. The summed E-state index contributed by atoms with van der Waals surface area (Å²) in [5.41, 5.74) is 1.32. The van der Waals surface area contributed by atoms with Gasteiger partial charge in [0.1, 0.15) is 18.1 Å². The van der Waals surface area contributed by atoms with Gasteiger partial charge in [-0.25, -0.2) is 4.98 Å². The molecule has 0 aliphatic carbocycles. The number of pyridine rings is 1. The smallest absolute Gasteiger partial charge is 0.255 e. The van der Waals surface area contributed by atoms with Crippen molar-refractivity contribution in [2.24, 2.45) is 0 Å². The lowest BCUT2D eigenvalue weighted by Crippen LogP contribution is -2.44. The second-order valence-corrected chi connectivity index (χ2v) is 5.34. The molecule has 2 N–H and O–H groups in total. The molecule has 2 aromatic rings. The zero-order valence-electron chi connectivity index (χ0n) is 13.4. The highest BCUT2D eigenvalue weighted by Gasteiger charge is 2.17. The van der Waals surface area contributed by atoms with Gasteiger partial charge in [0.25, 0.3) is 5.91 Å². The SMILES string of the molecule is CC(NC(=O)c1ccoc1)C(=O)NCc1ccnc(N(C)C)c1. The maximum absolute atomic E-state index is 12.1. The highest BCUT2D eigenvalue weighted by atomic mass is 16.3. The summed E-state index contributed by atoms with van der Waals surface area (Å²) in [6, 6.07) is 4.63. The Labute approximate surface area is 134 Å². The molecule has 2 heterocycles. The Balaban J connectivity index is 1.86. The van der Waals surface area contributed by atoms with E-state index in [1.807, 2.05) is 31.1 Å². The fraction of sp³-hybridized carbons (Fsp3) is 0.312. The molecule has 23 heavy (non-hydrogen) atoms. The second-order valence-electron chi connectivity index (χ2n) is 5.34. The number of rotatable bonds is 6. The van der Waals surface area contributed by atoms with Crippen LogP contribution in [0.15, 0.2) is 41.3 Å². The summed E-state index contributed by atoms with van der Waals surface area (Å²) in [5, 5.41) is 5.41. The average Bonchev–Trinajstić information content (AvgIpc) is 3.07. The van der Waals surface area contributed by atoms with E-state index in [2.05, 4.69) is 15.6 Å². The van der Waals surface area contributed by atoms with E-state index in [4.69, 9.17) is 4.42 Å². The van der Waals surface area contributed by atoms with Gasteiger partial charge in [0.2, 0.25) is 5.91 Å². The van der Waals surface area contributed by atoms with Crippen LogP contribution in [0.5, 0.6) is 0 Å². The maximum atomic E-state index is 12.1. The van der Waals surface area contributed by atoms with Crippen LogP contribution in [-0.2, 0) is 11.3 Å². The molecular formula is C16H20N4O3. The van der Waals surface area contributed by atoms with E-state index < -0.39 is 6.04 Å². The first-order valence-corrected chi connectivity index (χ1v) is 7.20. The molecule has 0 spiro atoms. The molecule has 7 nitrogen and oxygen atoms in total. The largest absolute Gasteiger partial charge is 0.472 e. The molecular weight excluding hydrogens is 296 g/mol.